The molecule has 2 aromatic carbocycles. The van der Waals surface area contributed by atoms with E-state index in [1.54, 1.807) is 24.3 Å². The smallest absolute Gasteiger partial charge is 0.261 e. The minimum atomic E-state index is -0.618. The minimum Gasteiger partial charge on any atom is -0.507 e. The van der Waals surface area contributed by atoms with E-state index in [4.69, 9.17) is 0 Å². The van der Waals surface area contributed by atoms with Crippen molar-refractivity contribution < 1.29 is 14.7 Å². The highest BCUT2D eigenvalue weighted by Gasteiger charge is 2.14. The van der Waals surface area contributed by atoms with Gasteiger partial charge in [0.1, 0.15) is 5.75 Å². The highest BCUT2D eigenvalue weighted by atomic mass is 16.3. The molecule has 0 aromatic heterocycles. The van der Waals surface area contributed by atoms with Gasteiger partial charge in [-0.2, -0.15) is 0 Å². The van der Waals surface area contributed by atoms with Gasteiger partial charge in [-0.05, 0) is 36.2 Å². The van der Waals surface area contributed by atoms with Gasteiger partial charge in [-0.3, -0.25) is 14.9 Å². The van der Waals surface area contributed by atoms with E-state index in [1.165, 1.54) is 12.1 Å². The molecule has 4 heteroatoms. The lowest BCUT2D eigenvalue weighted by atomic mass is 10.1. The molecule has 102 valence electrons. The Balaban J connectivity index is 2.11. The second kappa shape index (κ2) is 6.02. The summed E-state index contributed by atoms with van der Waals surface area (Å²) in [5, 5.41) is 11.8. The molecule has 0 saturated carbocycles. The van der Waals surface area contributed by atoms with Crippen LogP contribution in [0.2, 0.25) is 0 Å². The van der Waals surface area contributed by atoms with Gasteiger partial charge in [0.2, 0.25) is 0 Å². The molecule has 0 unspecified atom stereocenters. The molecule has 0 bridgehead atoms. The molecule has 2 amide bonds. The Morgan fingerprint density at radius 1 is 1.00 bits per heavy atom. The van der Waals surface area contributed by atoms with Crippen LogP contribution in [0.3, 0.4) is 0 Å². The number of benzene rings is 2. The quantitative estimate of drug-likeness (QED) is 0.841. The van der Waals surface area contributed by atoms with Crippen molar-refractivity contribution in [1.82, 2.24) is 5.32 Å². The van der Waals surface area contributed by atoms with Crippen LogP contribution in [0, 0.1) is 0 Å². The third-order valence-electron chi connectivity index (χ3n) is 3.00. The van der Waals surface area contributed by atoms with Crippen LogP contribution >= 0.6 is 0 Å². The van der Waals surface area contributed by atoms with Crippen molar-refractivity contribution in [3.8, 4) is 5.75 Å². The highest BCUT2D eigenvalue weighted by Crippen LogP contribution is 2.15. The number of para-hydroxylation sites is 1. The van der Waals surface area contributed by atoms with Gasteiger partial charge in [-0.1, -0.05) is 31.2 Å². The molecule has 0 aliphatic carbocycles. The largest absolute Gasteiger partial charge is 0.507 e. The predicted octanol–water partition coefficient (Wildman–Crippen LogP) is 2.52. The molecular formula is C16H15NO3. The number of hydrogen-bond acceptors (Lipinski definition) is 3. The standard InChI is InChI=1S/C16H15NO3/c1-2-11-7-9-12(10-8-11)15(19)17-16(20)13-5-3-4-6-14(13)18/h3-10,18H,2H2,1H3,(H,17,19,20). The number of hydrogen-bond donors (Lipinski definition) is 2. The zero-order chi connectivity index (χ0) is 14.5. The summed E-state index contributed by atoms with van der Waals surface area (Å²) < 4.78 is 0. The number of aromatic hydroxyl groups is 1. The predicted molar refractivity (Wildman–Crippen MR) is 75.7 cm³/mol. The molecule has 20 heavy (non-hydrogen) atoms. The van der Waals surface area contributed by atoms with E-state index in [0.29, 0.717) is 5.56 Å². The van der Waals surface area contributed by atoms with Crippen molar-refractivity contribution in [1.29, 1.82) is 0 Å². The average molecular weight is 269 g/mol. The molecule has 2 rings (SSSR count). The summed E-state index contributed by atoms with van der Waals surface area (Å²) in [4.78, 5) is 23.8. The van der Waals surface area contributed by atoms with Crippen LogP contribution in [0.4, 0.5) is 0 Å². The molecule has 2 N–H and O–H groups in total. The van der Waals surface area contributed by atoms with E-state index in [0.717, 1.165) is 12.0 Å². The van der Waals surface area contributed by atoms with Crippen LogP contribution in [0.1, 0.15) is 33.2 Å². The minimum absolute atomic E-state index is 0.0750. The van der Waals surface area contributed by atoms with E-state index in [1.807, 2.05) is 19.1 Å². The number of nitrogens with one attached hydrogen (secondary N) is 1. The average Bonchev–Trinajstić information content (AvgIpc) is 2.47. The Kier molecular flexibility index (Phi) is 4.15. The zero-order valence-electron chi connectivity index (χ0n) is 11.1. The van der Waals surface area contributed by atoms with Crippen LogP contribution < -0.4 is 5.32 Å². The molecule has 0 spiro atoms. The van der Waals surface area contributed by atoms with Crippen LogP contribution in [0.5, 0.6) is 5.75 Å². The Morgan fingerprint density at radius 2 is 1.65 bits per heavy atom. The molecule has 0 fully saturated rings. The second-order valence-corrected chi connectivity index (χ2v) is 4.35. The summed E-state index contributed by atoms with van der Waals surface area (Å²) in [6.07, 6.45) is 0.888. The topological polar surface area (TPSA) is 66.4 Å². The summed E-state index contributed by atoms with van der Waals surface area (Å²) in [6, 6.07) is 13.1. The number of phenolic OH excluding ortho intramolecular Hbond substituents is 1. The molecule has 0 aliphatic rings. The van der Waals surface area contributed by atoms with Gasteiger partial charge in [0.25, 0.3) is 11.8 Å². The monoisotopic (exact) mass is 269 g/mol. The van der Waals surface area contributed by atoms with Crippen LogP contribution in [0.25, 0.3) is 0 Å². The van der Waals surface area contributed by atoms with Gasteiger partial charge in [-0.25, -0.2) is 0 Å². The summed E-state index contributed by atoms with van der Waals surface area (Å²) in [7, 11) is 0. The first-order valence-electron chi connectivity index (χ1n) is 6.34. The third kappa shape index (κ3) is 3.03. The lowest BCUT2D eigenvalue weighted by Crippen LogP contribution is -2.30. The zero-order valence-corrected chi connectivity index (χ0v) is 11.1. The normalized spacial score (nSPS) is 10.1. The Labute approximate surface area is 117 Å². The first kappa shape index (κ1) is 13.8. The molecule has 0 radical (unpaired) electrons. The van der Waals surface area contributed by atoms with Gasteiger partial charge in [0.15, 0.2) is 0 Å². The van der Waals surface area contributed by atoms with Crippen molar-refractivity contribution in [2.45, 2.75) is 13.3 Å². The van der Waals surface area contributed by atoms with E-state index < -0.39 is 11.8 Å². The van der Waals surface area contributed by atoms with Gasteiger partial charge < -0.3 is 5.11 Å². The fourth-order valence-corrected chi connectivity index (χ4v) is 1.80. The third-order valence-corrected chi connectivity index (χ3v) is 3.00. The highest BCUT2D eigenvalue weighted by molar-refractivity contribution is 6.11. The maximum atomic E-state index is 11.9. The lowest BCUT2D eigenvalue weighted by molar-refractivity contribution is 0.0848. The maximum Gasteiger partial charge on any atom is 0.261 e. The second-order valence-electron chi connectivity index (χ2n) is 4.35. The van der Waals surface area contributed by atoms with Crippen molar-refractivity contribution in [3.63, 3.8) is 0 Å². The van der Waals surface area contributed by atoms with Gasteiger partial charge in [0, 0.05) is 5.56 Å². The molecule has 0 atom stereocenters. The van der Waals surface area contributed by atoms with Crippen molar-refractivity contribution in [3.05, 3.63) is 65.2 Å². The van der Waals surface area contributed by atoms with Gasteiger partial charge >= 0.3 is 0 Å². The Morgan fingerprint density at radius 3 is 2.25 bits per heavy atom. The molecule has 0 aliphatic heterocycles. The van der Waals surface area contributed by atoms with E-state index in [9.17, 15) is 14.7 Å². The fourth-order valence-electron chi connectivity index (χ4n) is 1.80. The molecule has 0 heterocycles. The first-order valence-corrected chi connectivity index (χ1v) is 6.34. The number of carbonyl (C=O) groups excluding carboxylic acids is 2. The van der Waals surface area contributed by atoms with Crippen molar-refractivity contribution in [2.75, 3.05) is 0 Å². The van der Waals surface area contributed by atoms with Crippen LogP contribution in [-0.4, -0.2) is 16.9 Å². The molecular weight excluding hydrogens is 254 g/mol. The number of aryl methyl sites for hydroxylation is 1. The summed E-state index contributed by atoms with van der Waals surface area (Å²) >= 11 is 0. The number of carbonyl (C=O) groups is 2. The maximum absolute atomic E-state index is 11.9. The SMILES string of the molecule is CCc1ccc(C(=O)NC(=O)c2ccccc2O)cc1. The lowest BCUT2D eigenvalue weighted by Gasteiger charge is -2.06. The van der Waals surface area contributed by atoms with Crippen molar-refractivity contribution in [2.24, 2.45) is 0 Å². The summed E-state index contributed by atoms with van der Waals surface area (Å²) in [6.45, 7) is 2.02. The molecule has 2 aromatic rings. The number of amides is 2. The van der Waals surface area contributed by atoms with Crippen LogP contribution in [0.15, 0.2) is 48.5 Å². The number of rotatable bonds is 3. The van der Waals surface area contributed by atoms with E-state index in [-0.39, 0.29) is 11.3 Å². The molecule has 4 nitrogen and oxygen atoms in total. The number of phenols is 1. The Bertz CT molecular complexity index is 632. The fraction of sp³-hybridized carbons (Fsp3) is 0.125. The summed E-state index contributed by atoms with van der Waals surface area (Å²) in [5.74, 6) is -1.26. The van der Waals surface area contributed by atoms with E-state index >= 15 is 0 Å². The first-order chi connectivity index (χ1) is 9.61. The van der Waals surface area contributed by atoms with Crippen molar-refractivity contribution >= 4 is 11.8 Å². The number of imide groups is 1. The summed E-state index contributed by atoms with van der Waals surface area (Å²) in [5.41, 5.74) is 1.60. The van der Waals surface area contributed by atoms with Gasteiger partial charge in [0.05, 0.1) is 5.56 Å². The van der Waals surface area contributed by atoms with Gasteiger partial charge in [-0.15, -0.1) is 0 Å². The Hall–Kier alpha value is -2.62. The van der Waals surface area contributed by atoms with Crippen LogP contribution in [-0.2, 0) is 6.42 Å². The van der Waals surface area contributed by atoms with E-state index in [2.05, 4.69) is 5.32 Å². The molecule has 0 saturated heterocycles.